The zero-order chi connectivity index (χ0) is 21.3. The van der Waals surface area contributed by atoms with Crippen LogP contribution in [0.3, 0.4) is 0 Å². The van der Waals surface area contributed by atoms with Crippen molar-refractivity contribution in [3.05, 3.63) is 59.5 Å². The van der Waals surface area contributed by atoms with Gasteiger partial charge in [0.05, 0.1) is 18.3 Å². The van der Waals surface area contributed by atoms with Gasteiger partial charge in [-0.1, -0.05) is 18.2 Å². The van der Waals surface area contributed by atoms with Crippen LogP contribution in [0.1, 0.15) is 35.8 Å². The van der Waals surface area contributed by atoms with E-state index in [1.165, 1.54) is 12.1 Å². The van der Waals surface area contributed by atoms with Crippen LogP contribution < -0.4 is 15.0 Å². The molecule has 1 N–H and O–H groups in total. The Bertz CT molecular complexity index is 1120. The molecular weight excluding hydrogens is 385 g/mol. The highest BCUT2D eigenvalue weighted by Gasteiger charge is 2.31. The van der Waals surface area contributed by atoms with Crippen molar-refractivity contribution in [2.24, 2.45) is 0 Å². The molecule has 0 bridgehead atoms. The third-order valence-electron chi connectivity index (χ3n) is 5.51. The first-order valence-electron chi connectivity index (χ1n) is 10.1. The first-order valence-corrected chi connectivity index (χ1v) is 10.1. The van der Waals surface area contributed by atoms with E-state index in [0.717, 1.165) is 17.5 Å². The van der Waals surface area contributed by atoms with Gasteiger partial charge in [0.15, 0.2) is 0 Å². The van der Waals surface area contributed by atoms with Crippen LogP contribution in [0.2, 0.25) is 0 Å². The number of hydrogen-bond acceptors (Lipinski definition) is 3. The molecule has 1 saturated heterocycles. The Hall–Kier alpha value is -3.35. The zero-order valence-corrected chi connectivity index (χ0v) is 17.1. The second kappa shape index (κ2) is 8.18. The molecule has 0 atom stereocenters. The molecule has 30 heavy (non-hydrogen) atoms. The number of carbonyl (C=O) groups excluding carboxylic acids is 2. The van der Waals surface area contributed by atoms with Crippen molar-refractivity contribution in [2.45, 2.75) is 32.9 Å². The third kappa shape index (κ3) is 3.40. The molecule has 2 amide bonds. The number of fused-ring (bicyclic) bond motifs is 1. The minimum absolute atomic E-state index is 0.0480. The first kappa shape index (κ1) is 19.9. The summed E-state index contributed by atoms with van der Waals surface area (Å²) in [5, 5.41) is 3.53. The van der Waals surface area contributed by atoms with Gasteiger partial charge in [-0.05, 0) is 37.6 Å². The number of methoxy groups -OCH3 is 1. The molecule has 156 valence electrons. The minimum atomic E-state index is -0.398. The molecule has 0 unspecified atom stereocenters. The number of nitrogens with one attached hydrogen (secondary N) is 1. The maximum atomic E-state index is 14.1. The number of para-hydroxylation sites is 1. The maximum absolute atomic E-state index is 14.1. The first-order chi connectivity index (χ1) is 14.5. The molecule has 0 spiro atoms. The Balaban J connectivity index is 1.78. The van der Waals surface area contributed by atoms with E-state index in [4.69, 9.17) is 4.74 Å². The van der Waals surface area contributed by atoms with Crippen molar-refractivity contribution in [3.63, 3.8) is 0 Å². The molecule has 3 aromatic rings. The van der Waals surface area contributed by atoms with Gasteiger partial charge in [0, 0.05) is 37.0 Å². The number of nitrogens with zero attached hydrogens (tertiary/aromatic N) is 2. The number of amides is 2. The Morgan fingerprint density at radius 3 is 2.73 bits per heavy atom. The van der Waals surface area contributed by atoms with Gasteiger partial charge in [-0.15, -0.1) is 0 Å². The van der Waals surface area contributed by atoms with Gasteiger partial charge in [-0.25, -0.2) is 4.39 Å². The lowest BCUT2D eigenvalue weighted by Gasteiger charge is -2.18. The number of benzene rings is 2. The average molecular weight is 409 g/mol. The molecule has 6 nitrogen and oxygen atoms in total. The van der Waals surface area contributed by atoms with Crippen LogP contribution in [0.15, 0.2) is 42.5 Å². The molecule has 4 rings (SSSR count). The van der Waals surface area contributed by atoms with Crippen LogP contribution in [0.25, 0.3) is 10.9 Å². The standard InChI is InChI=1S/C23H24FN3O3/c1-3-26-18-11-10-16(24)13-17(18)21(27-12-6-9-20(27)28)22(26)23(29)25-14-15-7-4-5-8-19(15)30-2/h4-5,7-8,10-11,13H,3,6,9,12,14H2,1-2H3,(H,25,29). The summed E-state index contributed by atoms with van der Waals surface area (Å²) in [7, 11) is 1.58. The summed E-state index contributed by atoms with van der Waals surface area (Å²) in [6.45, 7) is 3.23. The highest BCUT2D eigenvalue weighted by Crippen LogP contribution is 2.37. The third-order valence-corrected chi connectivity index (χ3v) is 5.51. The van der Waals surface area contributed by atoms with Crippen LogP contribution in [0.5, 0.6) is 5.75 Å². The summed E-state index contributed by atoms with van der Waals surface area (Å²) in [6.07, 6.45) is 1.14. The summed E-state index contributed by atoms with van der Waals surface area (Å²) in [5.74, 6) is -0.0715. The molecule has 1 aliphatic rings. The van der Waals surface area contributed by atoms with E-state index in [-0.39, 0.29) is 18.4 Å². The molecule has 1 aromatic heterocycles. The minimum Gasteiger partial charge on any atom is -0.496 e. The normalized spacial score (nSPS) is 13.8. The van der Waals surface area contributed by atoms with Crippen molar-refractivity contribution >= 4 is 28.4 Å². The van der Waals surface area contributed by atoms with Crippen LogP contribution >= 0.6 is 0 Å². The maximum Gasteiger partial charge on any atom is 0.270 e. The fourth-order valence-corrected chi connectivity index (χ4v) is 4.13. The summed E-state index contributed by atoms with van der Waals surface area (Å²) in [4.78, 5) is 27.5. The summed E-state index contributed by atoms with van der Waals surface area (Å²) in [5.41, 5.74) is 2.45. The summed E-state index contributed by atoms with van der Waals surface area (Å²) >= 11 is 0. The Morgan fingerprint density at radius 1 is 1.23 bits per heavy atom. The van der Waals surface area contributed by atoms with Gasteiger partial charge < -0.3 is 19.5 Å². The fraction of sp³-hybridized carbons (Fsp3) is 0.304. The Morgan fingerprint density at radius 2 is 2.03 bits per heavy atom. The molecule has 2 aromatic carbocycles. The average Bonchev–Trinajstić information content (AvgIpc) is 3.31. The van der Waals surface area contributed by atoms with E-state index in [1.807, 2.05) is 35.8 Å². The SMILES string of the molecule is CCn1c(C(=O)NCc2ccccc2OC)c(N2CCCC2=O)c2cc(F)ccc21. The summed E-state index contributed by atoms with van der Waals surface area (Å²) < 4.78 is 21.3. The number of ether oxygens (including phenoxy) is 1. The van der Waals surface area contributed by atoms with Crippen LogP contribution in [-0.2, 0) is 17.9 Å². The molecule has 1 aliphatic heterocycles. The Kier molecular flexibility index (Phi) is 5.44. The zero-order valence-electron chi connectivity index (χ0n) is 17.1. The van der Waals surface area contributed by atoms with Gasteiger partial charge in [-0.3, -0.25) is 9.59 Å². The number of hydrogen-bond donors (Lipinski definition) is 1. The number of aryl methyl sites for hydroxylation is 1. The topological polar surface area (TPSA) is 63.6 Å². The second-order valence-corrected chi connectivity index (χ2v) is 7.25. The van der Waals surface area contributed by atoms with Crippen molar-refractivity contribution in [3.8, 4) is 5.75 Å². The lowest BCUT2D eigenvalue weighted by atomic mass is 10.1. The number of anilines is 1. The Labute approximate surface area is 174 Å². The van der Waals surface area contributed by atoms with Crippen molar-refractivity contribution in [1.82, 2.24) is 9.88 Å². The predicted octanol–water partition coefficient (Wildman–Crippen LogP) is 3.87. The van der Waals surface area contributed by atoms with E-state index in [1.54, 1.807) is 18.1 Å². The molecule has 1 fully saturated rings. The predicted molar refractivity (Wildman–Crippen MR) is 113 cm³/mol. The van der Waals surface area contributed by atoms with Gasteiger partial charge in [0.25, 0.3) is 5.91 Å². The van der Waals surface area contributed by atoms with E-state index < -0.39 is 5.82 Å². The van der Waals surface area contributed by atoms with Crippen LogP contribution in [0.4, 0.5) is 10.1 Å². The quantitative estimate of drug-likeness (QED) is 0.672. The lowest BCUT2D eigenvalue weighted by molar-refractivity contribution is -0.117. The number of halogens is 1. The molecule has 2 heterocycles. The number of carbonyl (C=O) groups is 2. The largest absolute Gasteiger partial charge is 0.496 e. The fourth-order valence-electron chi connectivity index (χ4n) is 4.13. The lowest BCUT2D eigenvalue weighted by Crippen LogP contribution is -2.30. The molecule has 0 saturated carbocycles. The monoisotopic (exact) mass is 409 g/mol. The second-order valence-electron chi connectivity index (χ2n) is 7.25. The smallest absolute Gasteiger partial charge is 0.270 e. The van der Waals surface area contributed by atoms with E-state index in [2.05, 4.69) is 5.32 Å². The van der Waals surface area contributed by atoms with Gasteiger partial charge in [-0.2, -0.15) is 0 Å². The number of aromatic nitrogens is 1. The molecular formula is C23H24FN3O3. The number of rotatable bonds is 6. The van der Waals surface area contributed by atoms with Crippen LogP contribution in [0, 0.1) is 5.82 Å². The van der Waals surface area contributed by atoms with E-state index in [9.17, 15) is 14.0 Å². The van der Waals surface area contributed by atoms with Gasteiger partial charge in [0.1, 0.15) is 17.3 Å². The highest BCUT2D eigenvalue weighted by atomic mass is 19.1. The highest BCUT2D eigenvalue weighted by molar-refractivity contribution is 6.14. The molecule has 7 heteroatoms. The van der Waals surface area contributed by atoms with E-state index >= 15 is 0 Å². The van der Waals surface area contributed by atoms with E-state index in [0.29, 0.717) is 42.0 Å². The van der Waals surface area contributed by atoms with Gasteiger partial charge >= 0.3 is 0 Å². The van der Waals surface area contributed by atoms with Crippen molar-refractivity contribution in [2.75, 3.05) is 18.6 Å². The summed E-state index contributed by atoms with van der Waals surface area (Å²) in [6, 6.07) is 11.9. The van der Waals surface area contributed by atoms with Crippen LogP contribution in [-0.4, -0.2) is 30.0 Å². The van der Waals surface area contributed by atoms with Gasteiger partial charge in [0.2, 0.25) is 5.91 Å². The molecule has 0 radical (unpaired) electrons. The molecule has 0 aliphatic carbocycles. The van der Waals surface area contributed by atoms with Crippen molar-refractivity contribution < 1.29 is 18.7 Å². The van der Waals surface area contributed by atoms with Crippen molar-refractivity contribution in [1.29, 1.82) is 0 Å².